The molecule has 168 valence electrons. The lowest BCUT2D eigenvalue weighted by molar-refractivity contribution is -0.122. The fourth-order valence-corrected chi connectivity index (χ4v) is 5.54. The van der Waals surface area contributed by atoms with Crippen LogP contribution in [-0.4, -0.2) is 34.2 Å². The molecule has 4 rings (SSSR count). The van der Waals surface area contributed by atoms with Gasteiger partial charge in [0.2, 0.25) is 11.8 Å². The Balaban J connectivity index is 1.79. The first-order chi connectivity index (χ1) is 15.4. The van der Waals surface area contributed by atoms with E-state index in [1.807, 2.05) is 29.2 Å². The molecule has 32 heavy (non-hydrogen) atoms. The Bertz CT molecular complexity index is 1020. The third kappa shape index (κ3) is 3.68. The summed E-state index contributed by atoms with van der Waals surface area (Å²) in [5, 5.41) is 3.05. The molecule has 3 N–H and O–H groups in total. The molecule has 1 aliphatic heterocycles. The van der Waals surface area contributed by atoms with Crippen molar-refractivity contribution in [2.75, 3.05) is 5.32 Å². The van der Waals surface area contributed by atoms with Gasteiger partial charge in [0.15, 0.2) is 0 Å². The molecule has 1 heterocycles. The predicted molar refractivity (Wildman–Crippen MR) is 125 cm³/mol. The number of carbonyl (C=O) groups excluding carboxylic acids is 3. The fourth-order valence-electron chi connectivity index (χ4n) is 5.54. The smallest absolute Gasteiger partial charge is 0.254 e. The van der Waals surface area contributed by atoms with Gasteiger partial charge in [-0.1, -0.05) is 44.4 Å². The molecular weight excluding hydrogens is 402 g/mol. The van der Waals surface area contributed by atoms with E-state index in [1.54, 1.807) is 24.3 Å². The highest BCUT2D eigenvalue weighted by Crippen LogP contribution is 2.50. The second-order valence-corrected chi connectivity index (χ2v) is 9.05. The summed E-state index contributed by atoms with van der Waals surface area (Å²) >= 11 is 0. The molecule has 0 aromatic heterocycles. The van der Waals surface area contributed by atoms with Gasteiger partial charge < -0.3 is 16.0 Å². The number of anilines is 1. The van der Waals surface area contributed by atoms with Gasteiger partial charge in [0.05, 0.1) is 11.5 Å². The molecule has 2 aromatic rings. The first kappa shape index (κ1) is 22.1. The maximum absolute atomic E-state index is 13.8. The lowest BCUT2D eigenvalue weighted by Gasteiger charge is -2.55. The van der Waals surface area contributed by atoms with Gasteiger partial charge in [-0.05, 0) is 62.1 Å². The molecule has 2 aliphatic rings. The Morgan fingerprint density at radius 1 is 1.09 bits per heavy atom. The molecule has 2 atom stereocenters. The molecule has 1 spiro atoms. The van der Waals surface area contributed by atoms with Crippen molar-refractivity contribution in [2.24, 2.45) is 5.73 Å². The minimum absolute atomic E-state index is 0.0340. The van der Waals surface area contributed by atoms with Crippen LogP contribution in [0.2, 0.25) is 0 Å². The topological polar surface area (TPSA) is 92.5 Å². The van der Waals surface area contributed by atoms with Crippen molar-refractivity contribution >= 4 is 23.4 Å². The van der Waals surface area contributed by atoms with E-state index < -0.39 is 17.4 Å². The van der Waals surface area contributed by atoms with Crippen molar-refractivity contribution in [1.82, 2.24) is 4.90 Å². The van der Waals surface area contributed by atoms with Gasteiger partial charge in [0, 0.05) is 22.9 Å². The number of rotatable bonds is 5. The Morgan fingerprint density at radius 2 is 1.75 bits per heavy atom. The lowest BCUT2D eigenvalue weighted by Crippen LogP contribution is -2.64. The van der Waals surface area contributed by atoms with Crippen LogP contribution >= 0.6 is 0 Å². The third-order valence-corrected chi connectivity index (χ3v) is 7.19. The average molecular weight is 434 g/mol. The molecule has 1 fully saturated rings. The largest absolute Gasteiger partial charge is 0.366 e. The quantitative estimate of drug-likeness (QED) is 0.729. The number of benzene rings is 2. The van der Waals surface area contributed by atoms with Crippen LogP contribution < -0.4 is 11.1 Å². The molecule has 3 amide bonds. The molecule has 6 nitrogen and oxygen atoms in total. The Morgan fingerprint density at radius 3 is 2.38 bits per heavy atom. The van der Waals surface area contributed by atoms with Crippen molar-refractivity contribution in [3.8, 4) is 0 Å². The van der Waals surface area contributed by atoms with E-state index in [2.05, 4.69) is 19.2 Å². The number of hydrogen-bond donors (Lipinski definition) is 2. The summed E-state index contributed by atoms with van der Waals surface area (Å²) in [6, 6.07) is 14.2. The van der Waals surface area contributed by atoms with E-state index >= 15 is 0 Å². The highest BCUT2D eigenvalue weighted by atomic mass is 16.2. The zero-order valence-corrected chi connectivity index (χ0v) is 18.8. The summed E-state index contributed by atoms with van der Waals surface area (Å²) in [4.78, 5) is 40.9. The van der Waals surface area contributed by atoms with Crippen LogP contribution in [0.15, 0.2) is 48.5 Å². The van der Waals surface area contributed by atoms with Crippen LogP contribution in [0.5, 0.6) is 0 Å². The summed E-state index contributed by atoms with van der Waals surface area (Å²) < 4.78 is 0. The van der Waals surface area contributed by atoms with Crippen molar-refractivity contribution in [1.29, 1.82) is 0 Å². The van der Waals surface area contributed by atoms with E-state index in [1.165, 1.54) is 0 Å². The predicted octanol–water partition coefficient (Wildman–Crippen LogP) is 4.47. The van der Waals surface area contributed by atoms with Crippen LogP contribution in [-0.2, 0) is 4.79 Å². The molecule has 0 saturated heterocycles. The number of hydrogen-bond acceptors (Lipinski definition) is 3. The van der Waals surface area contributed by atoms with Crippen LogP contribution in [0.4, 0.5) is 5.69 Å². The average Bonchev–Trinajstić information content (AvgIpc) is 2.80. The number of nitrogens with two attached hydrogens (primary N) is 1. The Kier molecular flexibility index (Phi) is 6.04. The third-order valence-electron chi connectivity index (χ3n) is 7.19. The lowest BCUT2D eigenvalue weighted by atomic mass is 9.64. The van der Waals surface area contributed by atoms with Gasteiger partial charge in [-0.2, -0.15) is 0 Å². The maximum atomic E-state index is 13.8. The SMILES string of the molecule is CC[C@H](C)N1C(=O)c2ccccc2[C@H](C(=O)Nc2ccc(C(N)=O)cc2)C12CCCCC2. The van der Waals surface area contributed by atoms with Crippen molar-refractivity contribution in [3.63, 3.8) is 0 Å². The molecule has 6 heteroatoms. The van der Waals surface area contributed by atoms with Crippen LogP contribution in [0.1, 0.15) is 84.6 Å². The minimum atomic E-state index is -0.531. The van der Waals surface area contributed by atoms with Crippen molar-refractivity contribution in [2.45, 2.75) is 69.9 Å². The van der Waals surface area contributed by atoms with Crippen LogP contribution in [0.25, 0.3) is 0 Å². The van der Waals surface area contributed by atoms with Gasteiger partial charge in [0.25, 0.3) is 5.91 Å². The molecular formula is C26H31N3O3. The monoisotopic (exact) mass is 433 g/mol. The summed E-state index contributed by atoms with van der Waals surface area (Å²) in [5.41, 5.74) is 7.23. The first-order valence-corrected chi connectivity index (χ1v) is 11.5. The first-order valence-electron chi connectivity index (χ1n) is 11.5. The molecule has 1 saturated carbocycles. The number of amides is 3. The van der Waals surface area contributed by atoms with Gasteiger partial charge in [-0.3, -0.25) is 14.4 Å². The number of carbonyl (C=O) groups is 3. The number of primary amides is 1. The summed E-state index contributed by atoms with van der Waals surface area (Å²) in [5.74, 6) is -1.05. The normalized spacial score (nSPS) is 20.5. The summed E-state index contributed by atoms with van der Waals surface area (Å²) in [6.45, 7) is 4.17. The molecule has 1 aliphatic carbocycles. The van der Waals surface area contributed by atoms with E-state index in [-0.39, 0.29) is 17.9 Å². The van der Waals surface area contributed by atoms with E-state index in [0.717, 1.165) is 44.1 Å². The highest BCUT2D eigenvalue weighted by molar-refractivity contribution is 6.05. The Labute approximate surface area is 189 Å². The zero-order valence-electron chi connectivity index (χ0n) is 18.8. The van der Waals surface area contributed by atoms with E-state index in [9.17, 15) is 14.4 Å². The molecule has 2 aromatic carbocycles. The molecule has 0 unspecified atom stereocenters. The van der Waals surface area contributed by atoms with Gasteiger partial charge in [-0.25, -0.2) is 0 Å². The summed E-state index contributed by atoms with van der Waals surface area (Å²) in [6.07, 6.45) is 5.58. The van der Waals surface area contributed by atoms with Crippen LogP contribution in [0, 0.1) is 0 Å². The number of nitrogens with one attached hydrogen (secondary N) is 1. The van der Waals surface area contributed by atoms with Gasteiger partial charge in [0.1, 0.15) is 0 Å². The maximum Gasteiger partial charge on any atom is 0.254 e. The Hall–Kier alpha value is -3.15. The van der Waals surface area contributed by atoms with Crippen molar-refractivity contribution < 1.29 is 14.4 Å². The van der Waals surface area contributed by atoms with E-state index in [4.69, 9.17) is 5.73 Å². The summed E-state index contributed by atoms with van der Waals surface area (Å²) in [7, 11) is 0. The number of nitrogens with zero attached hydrogens (tertiary/aromatic N) is 1. The second kappa shape index (κ2) is 8.77. The van der Waals surface area contributed by atoms with Crippen LogP contribution in [0.3, 0.4) is 0 Å². The second-order valence-electron chi connectivity index (χ2n) is 9.05. The highest BCUT2D eigenvalue weighted by Gasteiger charge is 2.55. The molecule has 0 radical (unpaired) electrons. The standard InChI is InChI=1S/C26H31N3O3/c1-3-17(2)29-25(32)21-10-6-5-9-20(21)22(26(29)15-7-4-8-16-26)24(31)28-19-13-11-18(12-14-19)23(27)30/h5-6,9-14,17,22H,3-4,7-8,15-16H2,1-2H3,(H2,27,30)(H,28,31)/t17-,22+/m0/s1. The minimum Gasteiger partial charge on any atom is -0.366 e. The van der Waals surface area contributed by atoms with Gasteiger partial charge >= 0.3 is 0 Å². The van der Waals surface area contributed by atoms with Gasteiger partial charge in [-0.15, -0.1) is 0 Å². The van der Waals surface area contributed by atoms with E-state index in [0.29, 0.717) is 16.8 Å². The molecule has 0 bridgehead atoms. The van der Waals surface area contributed by atoms with Crippen molar-refractivity contribution in [3.05, 3.63) is 65.2 Å². The fraction of sp³-hybridized carbons (Fsp3) is 0.423. The zero-order chi connectivity index (χ0) is 22.9. The number of fused-ring (bicyclic) bond motifs is 1.